The van der Waals surface area contributed by atoms with Crippen LogP contribution in [0.5, 0.6) is 0 Å². The van der Waals surface area contributed by atoms with Crippen molar-refractivity contribution in [2.75, 3.05) is 5.73 Å². The summed E-state index contributed by atoms with van der Waals surface area (Å²) in [5, 5.41) is 9.36. The van der Waals surface area contributed by atoms with Gasteiger partial charge in [0.15, 0.2) is 5.82 Å². The lowest BCUT2D eigenvalue weighted by Gasteiger charge is -2.04. The summed E-state index contributed by atoms with van der Waals surface area (Å²) in [6.07, 6.45) is 3.08. The lowest BCUT2D eigenvalue weighted by molar-refractivity contribution is 0.623. The summed E-state index contributed by atoms with van der Waals surface area (Å²) in [6, 6.07) is 6.25. The van der Waals surface area contributed by atoms with Crippen molar-refractivity contribution in [2.24, 2.45) is 0 Å². The standard InChI is InChI=1S/C12H9FN4S/c13-10-2-1-8(5-9(10)6-14)7-18-12-11(15)16-3-4-17-12/h1-5H,7H2,(H2,15,16). The van der Waals surface area contributed by atoms with Gasteiger partial charge >= 0.3 is 0 Å². The van der Waals surface area contributed by atoms with E-state index in [9.17, 15) is 4.39 Å². The average molecular weight is 260 g/mol. The Morgan fingerprint density at radius 1 is 1.33 bits per heavy atom. The molecular formula is C12H9FN4S. The van der Waals surface area contributed by atoms with Gasteiger partial charge < -0.3 is 5.73 Å². The first-order chi connectivity index (χ1) is 8.70. The maximum Gasteiger partial charge on any atom is 0.156 e. The number of aromatic nitrogens is 2. The first-order valence-electron chi connectivity index (χ1n) is 5.08. The molecule has 0 fully saturated rings. The van der Waals surface area contributed by atoms with E-state index in [4.69, 9.17) is 11.0 Å². The van der Waals surface area contributed by atoms with Crippen LogP contribution in [-0.2, 0) is 5.75 Å². The van der Waals surface area contributed by atoms with Gasteiger partial charge in [0.25, 0.3) is 0 Å². The molecule has 0 atom stereocenters. The summed E-state index contributed by atoms with van der Waals surface area (Å²) in [5.41, 5.74) is 6.54. The molecule has 4 nitrogen and oxygen atoms in total. The van der Waals surface area contributed by atoms with E-state index in [1.165, 1.54) is 30.1 Å². The van der Waals surface area contributed by atoms with Gasteiger partial charge in [-0.1, -0.05) is 17.8 Å². The Balaban J connectivity index is 2.12. The molecular weight excluding hydrogens is 251 g/mol. The van der Waals surface area contributed by atoms with Crippen molar-refractivity contribution in [3.63, 3.8) is 0 Å². The van der Waals surface area contributed by atoms with E-state index in [2.05, 4.69) is 9.97 Å². The number of nitrogens with zero attached hydrogens (tertiary/aromatic N) is 3. The molecule has 1 aromatic heterocycles. The maximum absolute atomic E-state index is 13.1. The van der Waals surface area contributed by atoms with Gasteiger partial charge in [0.05, 0.1) is 5.56 Å². The van der Waals surface area contributed by atoms with Crippen molar-refractivity contribution < 1.29 is 4.39 Å². The van der Waals surface area contributed by atoms with Crippen LogP contribution in [-0.4, -0.2) is 9.97 Å². The number of anilines is 1. The highest BCUT2D eigenvalue weighted by Gasteiger charge is 2.05. The molecule has 0 amide bonds. The van der Waals surface area contributed by atoms with Crippen LogP contribution < -0.4 is 5.73 Å². The molecule has 0 spiro atoms. The molecule has 0 radical (unpaired) electrons. The molecule has 6 heteroatoms. The molecule has 0 bridgehead atoms. The minimum atomic E-state index is -0.509. The summed E-state index contributed by atoms with van der Waals surface area (Å²) in [5.74, 6) is 0.410. The molecule has 2 N–H and O–H groups in total. The molecule has 0 saturated carbocycles. The Hall–Kier alpha value is -2.13. The molecule has 0 saturated heterocycles. The Kier molecular flexibility index (Phi) is 3.75. The number of hydrogen-bond acceptors (Lipinski definition) is 5. The SMILES string of the molecule is N#Cc1cc(CSc2nccnc2N)ccc1F. The molecule has 2 aromatic rings. The second-order valence-electron chi connectivity index (χ2n) is 3.46. The van der Waals surface area contributed by atoms with E-state index in [0.29, 0.717) is 16.6 Å². The number of nitriles is 1. The Morgan fingerprint density at radius 3 is 2.83 bits per heavy atom. The topological polar surface area (TPSA) is 75.6 Å². The zero-order chi connectivity index (χ0) is 13.0. The number of nitrogens with two attached hydrogens (primary N) is 1. The summed E-state index contributed by atoms with van der Waals surface area (Å²) >= 11 is 1.39. The van der Waals surface area contributed by atoms with Crippen molar-refractivity contribution >= 4 is 17.6 Å². The number of halogens is 1. The van der Waals surface area contributed by atoms with Gasteiger partial charge in [0.1, 0.15) is 16.9 Å². The highest BCUT2D eigenvalue weighted by atomic mass is 32.2. The third-order valence-corrected chi connectivity index (χ3v) is 3.28. The summed E-state index contributed by atoms with van der Waals surface area (Å²) in [6.45, 7) is 0. The largest absolute Gasteiger partial charge is 0.381 e. The Labute approximate surface area is 108 Å². The van der Waals surface area contributed by atoms with Crippen LogP contribution in [0.15, 0.2) is 35.6 Å². The highest BCUT2D eigenvalue weighted by molar-refractivity contribution is 7.98. The zero-order valence-electron chi connectivity index (χ0n) is 9.30. The monoisotopic (exact) mass is 260 g/mol. The van der Waals surface area contributed by atoms with E-state index in [-0.39, 0.29) is 5.56 Å². The normalized spacial score (nSPS) is 10.0. The summed E-state index contributed by atoms with van der Waals surface area (Å²) in [7, 11) is 0. The van der Waals surface area contributed by atoms with E-state index in [1.807, 2.05) is 6.07 Å². The molecule has 18 heavy (non-hydrogen) atoms. The predicted molar refractivity (Wildman–Crippen MR) is 67.1 cm³/mol. The second kappa shape index (κ2) is 5.47. The fourth-order valence-electron chi connectivity index (χ4n) is 1.35. The van der Waals surface area contributed by atoms with Crippen molar-refractivity contribution in [2.45, 2.75) is 10.8 Å². The summed E-state index contributed by atoms with van der Waals surface area (Å²) in [4.78, 5) is 8.01. The van der Waals surface area contributed by atoms with Gasteiger partial charge in [0, 0.05) is 18.1 Å². The van der Waals surface area contributed by atoms with E-state index in [0.717, 1.165) is 5.56 Å². The van der Waals surface area contributed by atoms with Crippen molar-refractivity contribution in [1.29, 1.82) is 5.26 Å². The van der Waals surface area contributed by atoms with Crippen LogP contribution in [0.3, 0.4) is 0 Å². The lowest BCUT2D eigenvalue weighted by atomic mass is 10.1. The van der Waals surface area contributed by atoms with Crippen molar-refractivity contribution in [1.82, 2.24) is 9.97 Å². The number of rotatable bonds is 3. The molecule has 0 unspecified atom stereocenters. The summed E-state index contributed by atoms with van der Waals surface area (Å²) < 4.78 is 13.1. The number of benzene rings is 1. The van der Waals surface area contributed by atoms with Crippen LogP contribution in [0, 0.1) is 17.1 Å². The van der Waals surface area contributed by atoms with Crippen LogP contribution in [0.1, 0.15) is 11.1 Å². The van der Waals surface area contributed by atoms with Crippen molar-refractivity contribution in [3.8, 4) is 6.07 Å². The van der Waals surface area contributed by atoms with Crippen LogP contribution in [0.4, 0.5) is 10.2 Å². The first kappa shape index (κ1) is 12.3. The van der Waals surface area contributed by atoms with Gasteiger partial charge in [0.2, 0.25) is 0 Å². The Bertz CT molecular complexity index is 609. The maximum atomic E-state index is 13.1. The molecule has 0 aliphatic carbocycles. The zero-order valence-corrected chi connectivity index (χ0v) is 10.1. The molecule has 0 aliphatic rings. The third kappa shape index (κ3) is 2.76. The Morgan fingerprint density at radius 2 is 2.11 bits per heavy atom. The van der Waals surface area contributed by atoms with Gasteiger partial charge in [-0.3, -0.25) is 0 Å². The minimum absolute atomic E-state index is 0.0419. The van der Waals surface area contributed by atoms with Crippen LogP contribution >= 0.6 is 11.8 Å². The molecule has 1 aromatic carbocycles. The number of thioether (sulfide) groups is 1. The average Bonchev–Trinajstić information content (AvgIpc) is 2.39. The van der Waals surface area contributed by atoms with Gasteiger partial charge in [-0.15, -0.1) is 0 Å². The predicted octanol–water partition coefficient (Wildman–Crippen LogP) is 2.36. The van der Waals surface area contributed by atoms with E-state index >= 15 is 0 Å². The van der Waals surface area contributed by atoms with Gasteiger partial charge in [-0.2, -0.15) is 5.26 Å². The second-order valence-corrected chi connectivity index (χ2v) is 4.43. The first-order valence-corrected chi connectivity index (χ1v) is 6.07. The van der Waals surface area contributed by atoms with E-state index < -0.39 is 5.82 Å². The molecule has 2 rings (SSSR count). The fraction of sp³-hybridized carbons (Fsp3) is 0.0833. The number of hydrogen-bond donors (Lipinski definition) is 1. The third-order valence-electron chi connectivity index (χ3n) is 2.22. The van der Waals surface area contributed by atoms with E-state index in [1.54, 1.807) is 12.3 Å². The molecule has 1 heterocycles. The quantitative estimate of drug-likeness (QED) is 0.857. The molecule has 0 aliphatic heterocycles. The highest BCUT2D eigenvalue weighted by Crippen LogP contribution is 2.24. The fourth-order valence-corrected chi connectivity index (χ4v) is 2.17. The lowest BCUT2D eigenvalue weighted by Crippen LogP contribution is -1.95. The minimum Gasteiger partial charge on any atom is -0.381 e. The smallest absolute Gasteiger partial charge is 0.156 e. The molecule has 90 valence electrons. The van der Waals surface area contributed by atoms with Crippen LogP contribution in [0.25, 0.3) is 0 Å². The number of nitrogen functional groups attached to an aromatic ring is 1. The van der Waals surface area contributed by atoms with Gasteiger partial charge in [-0.25, -0.2) is 14.4 Å². The van der Waals surface area contributed by atoms with Crippen LogP contribution in [0.2, 0.25) is 0 Å². The van der Waals surface area contributed by atoms with Crippen molar-refractivity contribution in [3.05, 3.63) is 47.5 Å². The van der Waals surface area contributed by atoms with Gasteiger partial charge in [-0.05, 0) is 17.7 Å².